The van der Waals surface area contributed by atoms with Crippen molar-refractivity contribution in [1.82, 2.24) is 10.2 Å². The van der Waals surface area contributed by atoms with Crippen LogP contribution in [-0.4, -0.2) is 49.8 Å². The zero-order valence-corrected chi connectivity index (χ0v) is 9.37. The van der Waals surface area contributed by atoms with Gasteiger partial charge in [-0.25, -0.2) is 4.79 Å². The third-order valence-electron chi connectivity index (χ3n) is 2.56. The molecule has 0 bridgehead atoms. The fourth-order valence-corrected chi connectivity index (χ4v) is 1.60. The summed E-state index contributed by atoms with van der Waals surface area (Å²) in [6, 6.07) is 0.186. The minimum Gasteiger partial charge on any atom is -0.379 e. The normalized spacial score (nSPS) is 20.3. The minimum absolute atomic E-state index is 0.00134. The maximum atomic E-state index is 11.8. The molecule has 0 aromatic heterocycles. The lowest BCUT2D eigenvalue weighted by Crippen LogP contribution is -2.45. The van der Waals surface area contributed by atoms with Crippen LogP contribution < -0.4 is 11.1 Å². The third kappa shape index (κ3) is 4.05. The van der Waals surface area contributed by atoms with E-state index in [1.807, 2.05) is 6.92 Å². The molecule has 1 saturated heterocycles. The zero-order chi connectivity index (χ0) is 11.1. The van der Waals surface area contributed by atoms with E-state index in [0.717, 1.165) is 32.5 Å². The Hall–Kier alpha value is -0.810. The number of amides is 2. The van der Waals surface area contributed by atoms with Crippen molar-refractivity contribution in [2.45, 2.75) is 25.8 Å². The number of ether oxygens (including phenoxy) is 1. The molecule has 1 heterocycles. The van der Waals surface area contributed by atoms with Crippen LogP contribution in [0.25, 0.3) is 0 Å². The van der Waals surface area contributed by atoms with Gasteiger partial charge in [-0.3, -0.25) is 0 Å². The molecule has 1 fully saturated rings. The van der Waals surface area contributed by atoms with Gasteiger partial charge in [0.1, 0.15) is 0 Å². The molecular weight excluding hydrogens is 194 g/mol. The van der Waals surface area contributed by atoms with Crippen LogP contribution in [0, 0.1) is 0 Å². The van der Waals surface area contributed by atoms with Gasteiger partial charge in [-0.2, -0.15) is 0 Å². The summed E-state index contributed by atoms with van der Waals surface area (Å²) in [6.45, 7) is 5.43. The topological polar surface area (TPSA) is 67.6 Å². The predicted octanol–water partition coefficient (Wildman–Crippen LogP) is 0.156. The van der Waals surface area contributed by atoms with Crippen LogP contribution in [0.3, 0.4) is 0 Å². The van der Waals surface area contributed by atoms with Crippen molar-refractivity contribution in [3.8, 4) is 0 Å². The van der Waals surface area contributed by atoms with Crippen molar-refractivity contribution < 1.29 is 9.53 Å². The summed E-state index contributed by atoms with van der Waals surface area (Å²) in [5.41, 5.74) is 5.42. The number of hydrogen-bond acceptors (Lipinski definition) is 3. The number of carbonyl (C=O) groups is 1. The SMILES string of the molecule is CCN(CCCN)C(=O)NC1CCOC1. The van der Waals surface area contributed by atoms with E-state index in [4.69, 9.17) is 10.5 Å². The van der Waals surface area contributed by atoms with Gasteiger partial charge in [0.25, 0.3) is 0 Å². The summed E-state index contributed by atoms with van der Waals surface area (Å²) in [6.07, 6.45) is 1.77. The standard InChI is InChI=1S/C10H21N3O2/c1-2-13(6-3-5-11)10(14)12-9-4-7-15-8-9/h9H,2-8,11H2,1H3,(H,12,14). The molecule has 1 rings (SSSR count). The van der Waals surface area contributed by atoms with E-state index >= 15 is 0 Å². The largest absolute Gasteiger partial charge is 0.379 e. The molecule has 0 aromatic rings. The quantitative estimate of drug-likeness (QED) is 0.686. The summed E-state index contributed by atoms with van der Waals surface area (Å²) in [4.78, 5) is 13.5. The molecule has 5 heteroatoms. The van der Waals surface area contributed by atoms with Gasteiger partial charge < -0.3 is 20.7 Å². The van der Waals surface area contributed by atoms with Gasteiger partial charge >= 0.3 is 6.03 Å². The van der Waals surface area contributed by atoms with Crippen LogP contribution in [0.4, 0.5) is 4.79 Å². The van der Waals surface area contributed by atoms with E-state index in [0.29, 0.717) is 13.2 Å². The molecule has 0 aliphatic carbocycles. The highest BCUT2D eigenvalue weighted by atomic mass is 16.5. The van der Waals surface area contributed by atoms with E-state index in [9.17, 15) is 4.79 Å². The van der Waals surface area contributed by atoms with Gasteiger partial charge in [-0.1, -0.05) is 0 Å². The summed E-state index contributed by atoms with van der Waals surface area (Å²) < 4.78 is 5.20. The van der Waals surface area contributed by atoms with Gasteiger partial charge in [0.2, 0.25) is 0 Å². The maximum Gasteiger partial charge on any atom is 0.317 e. The second kappa shape index (κ2) is 6.63. The molecule has 1 atom stereocenters. The van der Waals surface area contributed by atoms with Crippen LogP contribution in [-0.2, 0) is 4.74 Å². The Morgan fingerprint density at radius 1 is 1.67 bits per heavy atom. The minimum atomic E-state index is 0.00134. The lowest BCUT2D eigenvalue weighted by atomic mass is 10.3. The molecule has 5 nitrogen and oxygen atoms in total. The summed E-state index contributed by atoms with van der Waals surface area (Å²) in [5, 5.41) is 2.96. The number of nitrogens with two attached hydrogens (primary N) is 1. The molecule has 1 aliphatic rings. The number of nitrogens with zero attached hydrogens (tertiary/aromatic N) is 1. The fraction of sp³-hybridized carbons (Fsp3) is 0.900. The monoisotopic (exact) mass is 215 g/mol. The van der Waals surface area contributed by atoms with E-state index < -0.39 is 0 Å². The van der Waals surface area contributed by atoms with E-state index in [1.165, 1.54) is 0 Å². The Kier molecular flexibility index (Phi) is 5.42. The molecule has 0 saturated carbocycles. The van der Waals surface area contributed by atoms with Gasteiger partial charge in [0, 0.05) is 19.7 Å². The first-order chi connectivity index (χ1) is 7.27. The highest BCUT2D eigenvalue weighted by Gasteiger charge is 2.20. The number of carbonyl (C=O) groups excluding carboxylic acids is 1. The molecule has 0 radical (unpaired) electrons. The molecule has 0 aromatic carbocycles. The average Bonchev–Trinajstić information content (AvgIpc) is 2.71. The zero-order valence-electron chi connectivity index (χ0n) is 9.37. The molecule has 1 unspecified atom stereocenters. The van der Waals surface area contributed by atoms with Crippen molar-refractivity contribution >= 4 is 6.03 Å². The number of hydrogen-bond donors (Lipinski definition) is 2. The van der Waals surface area contributed by atoms with Gasteiger partial charge in [0.05, 0.1) is 12.6 Å². The Labute approximate surface area is 90.9 Å². The van der Waals surface area contributed by atoms with Gasteiger partial charge in [-0.05, 0) is 26.3 Å². The van der Waals surface area contributed by atoms with E-state index in [1.54, 1.807) is 4.90 Å². The van der Waals surface area contributed by atoms with Gasteiger partial charge in [-0.15, -0.1) is 0 Å². The highest BCUT2D eigenvalue weighted by molar-refractivity contribution is 5.74. The molecule has 0 spiro atoms. The van der Waals surface area contributed by atoms with Crippen LogP contribution in [0.1, 0.15) is 19.8 Å². The lowest BCUT2D eigenvalue weighted by Gasteiger charge is -2.23. The van der Waals surface area contributed by atoms with Gasteiger partial charge in [0.15, 0.2) is 0 Å². The lowest BCUT2D eigenvalue weighted by molar-refractivity contribution is 0.179. The number of nitrogens with one attached hydrogen (secondary N) is 1. The average molecular weight is 215 g/mol. The molecule has 1 aliphatic heterocycles. The Morgan fingerprint density at radius 2 is 2.47 bits per heavy atom. The van der Waals surface area contributed by atoms with Crippen LogP contribution in [0.2, 0.25) is 0 Å². The predicted molar refractivity (Wildman–Crippen MR) is 58.7 cm³/mol. The Bertz CT molecular complexity index is 193. The van der Waals surface area contributed by atoms with Crippen LogP contribution in [0.15, 0.2) is 0 Å². The van der Waals surface area contributed by atoms with E-state index in [-0.39, 0.29) is 12.1 Å². The number of rotatable bonds is 5. The van der Waals surface area contributed by atoms with Crippen molar-refractivity contribution in [2.75, 3.05) is 32.8 Å². The maximum absolute atomic E-state index is 11.8. The second-order valence-electron chi connectivity index (χ2n) is 3.73. The smallest absolute Gasteiger partial charge is 0.317 e. The molecular formula is C10H21N3O2. The third-order valence-corrected chi connectivity index (χ3v) is 2.56. The van der Waals surface area contributed by atoms with Crippen molar-refractivity contribution in [2.24, 2.45) is 5.73 Å². The first-order valence-corrected chi connectivity index (χ1v) is 5.61. The van der Waals surface area contributed by atoms with Crippen molar-refractivity contribution in [3.63, 3.8) is 0 Å². The first kappa shape index (κ1) is 12.3. The van der Waals surface area contributed by atoms with Crippen molar-refractivity contribution in [1.29, 1.82) is 0 Å². The molecule has 88 valence electrons. The highest BCUT2D eigenvalue weighted by Crippen LogP contribution is 2.04. The van der Waals surface area contributed by atoms with Crippen LogP contribution in [0.5, 0.6) is 0 Å². The van der Waals surface area contributed by atoms with Crippen LogP contribution >= 0.6 is 0 Å². The summed E-state index contributed by atoms with van der Waals surface area (Å²) in [7, 11) is 0. The molecule has 2 amide bonds. The summed E-state index contributed by atoms with van der Waals surface area (Å²) in [5.74, 6) is 0. The molecule has 3 N–H and O–H groups in total. The molecule has 15 heavy (non-hydrogen) atoms. The first-order valence-electron chi connectivity index (χ1n) is 5.61. The summed E-state index contributed by atoms with van der Waals surface area (Å²) >= 11 is 0. The van der Waals surface area contributed by atoms with E-state index in [2.05, 4.69) is 5.32 Å². The Balaban J connectivity index is 2.28. The Morgan fingerprint density at radius 3 is 3.00 bits per heavy atom. The second-order valence-corrected chi connectivity index (χ2v) is 3.73. The van der Waals surface area contributed by atoms with Crippen molar-refractivity contribution in [3.05, 3.63) is 0 Å². The fourth-order valence-electron chi connectivity index (χ4n) is 1.60. The number of urea groups is 1.